The molecule has 0 unspecified atom stereocenters. The third kappa shape index (κ3) is 7.23. The lowest BCUT2D eigenvalue weighted by Crippen LogP contribution is -1.83. The maximum absolute atomic E-state index is 10.3. The van der Waals surface area contributed by atoms with E-state index in [2.05, 4.69) is 18.8 Å². The van der Waals surface area contributed by atoms with Gasteiger partial charge < -0.3 is 0 Å². The first kappa shape index (κ1) is 8.23. The summed E-state index contributed by atoms with van der Waals surface area (Å²) in [6.45, 7) is 3.63. The molecule has 0 aliphatic rings. The van der Waals surface area contributed by atoms with Gasteiger partial charge in [0.15, 0.2) is 0 Å². The van der Waals surface area contributed by atoms with E-state index in [1.54, 1.807) is 6.92 Å². The van der Waals surface area contributed by atoms with Crippen molar-refractivity contribution in [3.63, 3.8) is 0 Å². The van der Waals surface area contributed by atoms with Gasteiger partial charge in [0.1, 0.15) is 5.78 Å². The Hall–Kier alpha value is -0.770. The van der Waals surface area contributed by atoms with Crippen LogP contribution in [-0.2, 0) is 4.79 Å². The minimum atomic E-state index is 0.151. The summed E-state index contributed by atoms with van der Waals surface area (Å²) in [5.41, 5.74) is 0. The summed E-state index contributed by atoms with van der Waals surface area (Å²) in [5, 5.41) is 0. The normalized spacial score (nSPS) is 7.78. The zero-order chi connectivity index (χ0) is 7.11. The predicted molar refractivity (Wildman–Crippen MR) is 38.0 cm³/mol. The molecule has 0 aromatic rings. The lowest BCUT2D eigenvalue weighted by molar-refractivity contribution is -0.116. The Balaban J connectivity index is 3.26. The van der Waals surface area contributed by atoms with E-state index in [1.807, 2.05) is 0 Å². The van der Waals surface area contributed by atoms with E-state index in [-0.39, 0.29) is 5.78 Å². The fraction of sp³-hybridized carbons (Fsp3) is 0.625. The first-order chi connectivity index (χ1) is 4.27. The number of carbonyl (C=O) groups excluding carboxylic acids is 1. The Morgan fingerprint density at radius 1 is 1.44 bits per heavy atom. The van der Waals surface area contributed by atoms with E-state index in [0.29, 0.717) is 6.42 Å². The molecule has 0 saturated carbocycles. The summed E-state index contributed by atoms with van der Waals surface area (Å²) >= 11 is 0. The van der Waals surface area contributed by atoms with Crippen molar-refractivity contribution in [2.24, 2.45) is 0 Å². The third-order valence-electron chi connectivity index (χ3n) is 0.837. The molecule has 0 aromatic carbocycles. The van der Waals surface area contributed by atoms with Crippen molar-refractivity contribution in [2.45, 2.75) is 33.1 Å². The van der Waals surface area contributed by atoms with E-state index >= 15 is 0 Å². The van der Waals surface area contributed by atoms with Gasteiger partial charge in [0, 0.05) is 6.42 Å². The first-order valence-corrected chi connectivity index (χ1v) is 3.22. The maximum atomic E-state index is 10.3. The number of hydrogen-bond acceptors (Lipinski definition) is 1. The van der Waals surface area contributed by atoms with Crippen LogP contribution in [0, 0.1) is 11.8 Å². The van der Waals surface area contributed by atoms with Crippen molar-refractivity contribution in [2.75, 3.05) is 0 Å². The summed E-state index contributed by atoms with van der Waals surface area (Å²) in [4.78, 5) is 10.3. The number of rotatable bonds is 2. The molecule has 0 bridgehead atoms. The van der Waals surface area contributed by atoms with Gasteiger partial charge in [-0.05, 0) is 13.3 Å². The van der Waals surface area contributed by atoms with Crippen LogP contribution in [0.3, 0.4) is 0 Å². The monoisotopic (exact) mass is 124 g/mol. The Kier molecular flexibility index (Phi) is 4.91. The summed E-state index contributed by atoms with van der Waals surface area (Å²) in [6, 6.07) is 0. The van der Waals surface area contributed by atoms with Crippen LogP contribution < -0.4 is 0 Å². The van der Waals surface area contributed by atoms with Gasteiger partial charge in [-0.3, -0.25) is 4.79 Å². The van der Waals surface area contributed by atoms with Crippen LogP contribution in [0.5, 0.6) is 0 Å². The highest BCUT2D eigenvalue weighted by atomic mass is 16.1. The second-order valence-corrected chi connectivity index (χ2v) is 1.98. The van der Waals surface area contributed by atoms with Crippen LogP contribution in [0.15, 0.2) is 0 Å². The Morgan fingerprint density at radius 3 is 2.56 bits per heavy atom. The van der Waals surface area contributed by atoms with Gasteiger partial charge in [0.2, 0.25) is 0 Å². The van der Waals surface area contributed by atoms with E-state index in [4.69, 9.17) is 0 Å². The number of hydrogen-bond donors (Lipinski definition) is 0. The zero-order valence-corrected chi connectivity index (χ0v) is 6.03. The highest BCUT2D eigenvalue weighted by Gasteiger charge is 1.82. The number of ketones is 1. The van der Waals surface area contributed by atoms with E-state index in [9.17, 15) is 4.79 Å². The van der Waals surface area contributed by atoms with Crippen LogP contribution >= 0.6 is 0 Å². The molecule has 0 atom stereocenters. The molecule has 0 radical (unpaired) electrons. The van der Waals surface area contributed by atoms with Crippen LogP contribution in [-0.4, -0.2) is 5.78 Å². The molecule has 0 aliphatic heterocycles. The number of carbonyl (C=O) groups is 1. The highest BCUT2D eigenvalue weighted by molar-refractivity contribution is 5.77. The molecule has 0 aromatic heterocycles. The van der Waals surface area contributed by atoms with E-state index < -0.39 is 0 Å². The van der Waals surface area contributed by atoms with Gasteiger partial charge in [-0.25, -0.2) is 0 Å². The molecule has 0 spiro atoms. The molecule has 9 heavy (non-hydrogen) atoms. The van der Waals surface area contributed by atoms with Crippen molar-refractivity contribution in [1.82, 2.24) is 0 Å². The predicted octanol–water partition coefficient (Wildman–Crippen LogP) is 1.77. The van der Waals surface area contributed by atoms with Gasteiger partial charge in [-0.2, -0.15) is 0 Å². The van der Waals surface area contributed by atoms with Crippen molar-refractivity contribution in [1.29, 1.82) is 0 Å². The average molecular weight is 124 g/mol. The standard InChI is InChI=1S/C8H12O/c1-3-4-5-6-7-8(2)9/h3-4,7H2,1-2H3. The Labute approximate surface area is 56.5 Å². The summed E-state index contributed by atoms with van der Waals surface area (Å²) < 4.78 is 0. The van der Waals surface area contributed by atoms with Crippen molar-refractivity contribution in [3.8, 4) is 11.8 Å². The molecule has 1 nitrogen and oxygen atoms in total. The molecule has 0 fully saturated rings. The maximum Gasteiger partial charge on any atom is 0.141 e. The van der Waals surface area contributed by atoms with Crippen molar-refractivity contribution < 1.29 is 4.79 Å². The SMILES string of the molecule is CCCC#CCC(C)=O. The molecule has 0 rings (SSSR count). The second kappa shape index (κ2) is 5.37. The Bertz CT molecular complexity index is 136. The lowest BCUT2D eigenvalue weighted by Gasteiger charge is -1.78. The fourth-order valence-corrected chi connectivity index (χ4v) is 0.400. The van der Waals surface area contributed by atoms with Crippen LogP contribution in [0.25, 0.3) is 0 Å². The lowest BCUT2D eigenvalue weighted by atomic mass is 10.3. The molecule has 0 saturated heterocycles. The van der Waals surface area contributed by atoms with Crippen LogP contribution in [0.2, 0.25) is 0 Å². The quantitative estimate of drug-likeness (QED) is 0.513. The molecule has 0 N–H and O–H groups in total. The largest absolute Gasteiger partial charge is 0.299 e. The second-order valence-electron chi connectivity index (χ2n) is 1.98. The zero-order valence-electron chi connectivity index (χ0n) is 6.03. The third-order valence-corrected chi connectivity index (χ3v) is 0.837. The van der Waals surface area contributed by atoms with Crippen molar-refractivity contribution in [3.05, 3.63) is 0 Å². The Morgan fingerprint density at radius 2 is 2.11 bits per heavy atom. The average Bonchev–Trinajstić information content (AvgIpc) is 1.80. The summed E-state index contributed by atoms with van der Waals surface area (Å²) in [6.07, 6.45) is 2.40. The van der Waals surface area contributed by atoms with Crippen LogP contribution in [0.1, 0.15) is 33.1 Å². The molecular weight excluding hydrogens is 112 g/mol. The van der Waals surface area contributed by atoms with Crippen LogP contribution in [0.4, 0.5) is 0 Å². The van der Waals surface area contributed by atoms with Gasteiger partial charge in [-0.1, -0.05) is 12.8 Å². The highest BCUT2D eigenvalue weighted by Crippen LogP contribution is 1.83. The summed E-state index contributed by atoms with van der Waals surface area (Å²) in [7, 11) is 0. The van der Waals surface area contributed by atoms with Gasteiger partial charge in [0.05, 0.1) is 6.42 Å². The van der Waals surface area contributed by atoms with E-state index in [1.165, 1.54) is 0 Å². The molecule has 50 valence electrons. The molecule has 1 heteroatoms. The first-order valence-electron chi connectivity index (χ1n) is 3.22. The van der Waals surface area contributed by atoms with E-state index in [0.717, 1.165) is 12.8 Å². The minimum Gasteiger partial charge on any atom is -0.299 e. The summed E-state index contributed by atoms with van der Waals surface area (Å²) in [5.74, 6) is 5.83. The van der Waals surface area contributed by atoms with Gasteiger partial charge in [-0.15, -0.1) is 5.92 Å². The molecule has 0 heterocycles. The number of unbranched alkanes of at least 4 members (excludes halogenated alkanes) is 1. The van der Waals surface area contributed by atoms with Gasteiger partial charge >= 0.3 is 0 Å². The smallest absolute Gasteiger partial charge is 0.141 e. The topological polar surface area (TPSA) is 17.1 Å². The molecule has 0 aliphatic carbocycles. The molecule has 0 amide bonds. The number of Topliss-reactive ketones (excluding diaryl/α,β-unsaturated/α-hetero) is 1. The van der Waals surface area contributed by atoms with Crippen molar-refractivity contribution >= 4 is 5.78 Å². The minimum absolute atomic E-state index is 0.151. The fourth-order valence-electron chi connectivity index (χ4n) is 0.400. The molecular formula is C8H12O. The van der Waals surface area contributed by atoms with Gasteiger partial charge in [0.25, 0.3) is 0 Å².